The molecule has 1 fully saturated rings. The number of nitrogens with zero attached hydrogens (tertiary/aromatic N) is 5. The third kappa shape index (κ3) is 4.08. The quantitative estimate of drug-likeness (QED) is 0.773. The van der Waals surface area contributed by atoms with Crippen molar-refractivity contribution in [3.63, 3.8) is 0 Å². The van der Waals surface area contributed by atoms with Crippen LogP contribution in [0.4, 0.5) is 0 Å². The minimum absolute atomic E-state index is 0.0225. The van der Waals surface area contributed by atoms with Gasteiger partial charge in [-0.25, -0.2) is 9.78 Å². The first-order valence-corrected chi connectivity index (χ1v) is 10.3. The average Bonchev–Trinajstić information content (AvgIpc) is 2.94. The summed E-state index contributed by atoms with van der Waals surface area (Å²) < 4.78 is 4.20. The van der Waals surface area contributed by atoms with Crippen LogP contribution in [0.1, 0.15) is 46.9 Å². The van der Waals surface area contributed by atoms with Crippen LogP contribution in [0.25, 0.3) is 11.2 Å². The molecule has 0 radical (unpaired) electrons. The minimum Gasteiger partial charge on any atom is -0.313 e. The summed E-state index contributed by atoms with van der Waals surface area (Å²) >= 11 is 0. The van der Waals surface area contributed by atoms with Gasteiger partial charge in [-0.15, -0.1) is 0 Å². The molecule has 0 bridgehead atoms. The van der Waals surface area contributed by atoms with Gasteiger partial charge in [-0.2, -0.15) is 0 Å². The van der Waals surface area contributed by atoms with Gasteiger partial charge in [0.2, 0.25) is 0 Å². The molecule has 2 aromatic heterocycles. The van der Waals surface area contributed by atoms with E-state index in [0.29, 0.717) is 35.4 Å². The molecule has 0 unspecified atom stereocenters. The third-order valence-corrected chi connectivity index (χ3v) is 5.87. The van der Waals surface area contributed by atoms with Gasteiger partial charge < -0.3 is 4.57 Å². The Morgan fingerprint density at radius 2 is 1.66 bits per heavy atom. The van der Waals surface area contributed by atoms with Crippen molar-refractivity contribution < 1.29 is 4.79 Å². The zero-order valence-electron chi connectivity index (χ0n) is 18.7. The van der Waals surface area contributed by atoms with Gasteiger partial charge in [0.05, 0.1) is 13.1 Å². The zero-order valence-corrected chi connectivity index (χ0v) is 18.7. The van der Waals surface area contributed by atoms with Crippen molar-refractivity contribution in [3.05, 3.63) is 26.7 Å². The zero-order chi connectivity index (χ0) is 21.7. The third-order valence-electron chi connectivity index (χ3n) is 5.87. The lowest BCUT2D eigenvalue weighted by atomic mass is 9.91. The number of likely N-dealkylation sites (tertiary alicyclic amines) is 1. The fourth-order valence-corrected chi connectivity index (χ4v) is 4.28. The van der Waals surface area contributed by atoms with E-state index in [1.807, 2.05) is 20.8 Å². The molecule has 0 spiro atoms. The molecule has 29 heavy (non-hydrogen) atoms. The average molecular weight is 404 g/mol. The van der Waals surface area contributed by atoms with E-state index in [0.717, 1.165) is 17.7 Å². The standard InChI is InChI=1S/C21H33N5O3/c1-13-8-14(2)10-25(9-13)12-16-22-18-17(19(28)24(7)20(29)23(18)6)26(16)11-15(27)21(3,4)5/h13-14H,8-12H2,1-7H3/t13-,14-/m1/s1. The Morgan fingerprint density at radius 1 is 1.07 bits per heavy atom. The lowest BCUT2D eigenvalue weighted by molar-refractivity contribution is -0.126. The number of rotatable bonds is 4. The molecule has 0 N–H and O–H groups in total. The molecule has 2 atom stereocenters. The minimum atomic E-state index is -0.534. The van der Waals surface area contributed by atoms with E-state index >= 15 is 0 Å². The fourth-order valence-electron chi connectivity index (χ4n) is 4.28. The molecule has 0 aromatic carbocycles. The SMILES string of the molecule is C[C@@H]1C[C@@H](C)CN(Cc2nc3c(c(=O)n(C)c(=O)n3C)n2CC(=O)C(C)(C)C)C1. The Bertz CT molecular complexity index is 1040. The van der Waals surface area contributed by atoms with Gasteiger partial charge in [0.15, 0.2) is 16.9 Å². The number of fused-ring (bicyclic) bond motifs is 1. The van der Waals surface area contributed by atoms with Crippen molar-refractivity contribution in [2.45, 2.75) is 54.1 Å². The molecule has 1 aliphatic rings. The maximum Gasteiger partial charge on any atom is 0.332 e. The lowest BCUT2D eigenvalue weighted by Gasteiger charge is -2.34. The first-order valence-electron chi connectivity index (χ1n) is 10.3. The number of piperidine rings is 1. The number of ketones is 1. The Labute approximate surface area is 171 Å². The summed E-state index contributed by atoms with van der Waals surface area (Å²) in [4.78, 5) is 45.1. The van der Waals surface area contributed by atoms with Crippen molar-refractivity contribution in [1.82, 2.24) is 23.6 Å². The number of Topliss-reactive ketones (excluding diaryl/α,β-unsaturated/α-hetero) is 1. The molecule has 3 rings (SSSR count). The second-order valence-electron chi connectivity index (χ2n) is 9.81. The van der Waals surface area contributed by atoms with E-state index < -0.39 is 16.7 Å². The van der Waals surface area contributed by atoms with Crippen LogP contribution in [0.2, 0.25) is 0 Å². The van der Waals surface area contributed by atoms with Crippen molar-refractivity contribution >= 4 is 16.9 Å². The monoisotopic (exact) mass is 403 g/mol. The highest BCUT2D eigenvalue weighted by molar-refractivity contribution is 5.85. The summed E-state index contributed by atoms with van der Waals surface area (Å²) in [5, 5.41) is 0. The fraction of sp³-hybridized carbons (Fsp3) is 0.714. The van der Waals surface area contributed by atoms with E-state index in [1.54, 1.807) is 11.6 Å². The predicted octanol–water partition coefficient (Wildman–Crippen LogP) is 1.53. The molecule has 1 saturated heterocycles. The second kappa shape index (κ2) is 7.55. The van der Waals surface area contributed by atoms with Crippen LogP contribution in [0, 0.1) is 17.3 Å². The number of hydrogen-bond acceptors (Lipinski definition) is 5. The van der Waals surface area contributed by atoms with Crippen LogP contribution >= 0.6 is 0 Å². The van der Waals surface area contributed by atoms with Crippen LogP contribution in [0.15, 0.2) is 9.59 Å². The first-order chi connectivity index (χ1) is 13.4. The number of imidazole rings is 1. The Kier molecular flexibility index (Phi) is 5.60. The largest absolute Gasteiger partial charge is 0.332 e. The van der Waals surface area contributed by atoms with Crippen LogP contribution in [-0.2, 0) is 32.0 Å². The Morgan fingerprint density at radius 3 is 2.21 bits per heavy atom. The van der Waals surface area contributed by atoms with Gasteiger partial charge in [-0.05, 0) is 18.3 Å². The molecule has 3 heterocycles. The van der Waals surface area contributed by atoms with E-state index in [4.69, 9.17) is 0 Å². The molecule has 1 aliphatic heterocycles. The topological polar surface area (TPSA) is 82.1 Å². The molecule has 8 nitrogen and oxygen atoms in total. The summed E-state index contributed by atoms with van der Waals surface area (Å²) in [5.74, 6) is 1.86. The predicted molar refractivity (Wildman–Crippen MR) is 113 cm³/mol. The van der Waals surface area contributed by atoms with E-state index in [-0.39, 0.29) is 12.3 Å². The summed E-state index contributed by atoms with van der Waals surface area (Å²) in [5.41, 5.74) is -0.702. The molecule has 0 amide bonds. The van der Waals surface area contributed by atoms with Crippen LogP contribution < -0.4 is 11.2 Å². The van der Waals surface area contributed by atoms with Crippen LogP contribution in [0.5, 0.6) is 0 Å². The van der Waals surface area contributed by atoms with E-state index in [1.165, 1.54) is 18.0 Å². The number of hydrogen-bond donors (Lipinski definition) is 0. The smallest absolute Gasteiger partial charge is 0.313 e. The molecular weight excluding hydrogens is 370 g/mol. The summed E-state index contributed by atoms with van der Waals surface area (Å²) in [6, 6.07) is 0. The number of aryl methyl sites for hydroxylation is 1. The molecule has 2 aromatic rings. The lowest BCUT2D eigenvalue weighted by Crippen LogP contribution is -2.39. The van der Waals surface area contributed by atoms with Crippen molar-refractivity contribution in [1.29, 1.82) is 0 Å². The van der Waals surface area contributed by atoms with Gasteiger partial charge in [-0.3, -0.25) is 23.6 Å². The Hall–Kier alpha value is -2.22. The summed E-state index contributed by atoms with van der Waals surface area (Å²) in [6.07, 6.45) is 1.20. The molecule has 8 heteroatoms. The summed E-state index contributed by atoms with van der Waals surface area (Å²) in [6.45, 7) is 12.6. The summed E-state index contributed by atoms with van der Waals surface area (Å²) in [7, 11) is 3.07. The van der Waals surface area contributed by atoms with Gasteiger partial charge in [-0.1, -0.05) is 34.6 Å². The number of aromatic nitrogens is 4. The maximum atomic E-state index is 12.9. The molecule has 0 aliphatic carbocycles. The van der Waals surface area contributed by atoms with Crippen LogP contribution in [-0.4, -0.2) is 42.5 Å². The maximum absolute atomic E-state index is 12.9. The van der Waals surface area contributed by atoms with Gasteiger partial charge in [0, 0.05) is 32.6 Å². The second-order valence-corrected chi connectivity index (χ2v) is 9.81. The highest BCUT2D eigenvalue weighted by Gasteiger charge is 2.28. The van der Waals surface area contributed by atoms with Gasteiger partial charge >= 0.3 is 5.69 Å². The van der Waals surface area contributed by atoms with E-state index in [9.17, 15) is 14.4 Å². The normalized spacial score (nSPS) is 21.1. The first kappa shape index (κ1) is 21.5. The van der Waals surface area contributed by atoms with E-state index in [2.05, 4.69) is 23.7 Å². The number of carbonyl (C=O) groups excluding carboxylic acids is 1. The van der Waals surface area contributed by atoms with Crippen molar-refractivity contribution in [2.24, 2.45) is 31.3 Å². The Balaban J connectivity index is 2.15. The highest BCUT2D eigenvalue weighted by Crippen LogP contribution is 2.24. The molecule has 160 valence electrons. The van der Waals surface area contributed by atoms with Crippen molar-refractivity contribution in [3.8, 4) is 0 Å². The molecule has 0 saturated carbocycles. The number of carbonyl (C=O) groups is 1. The highest BCUT2D eigenvalue weighted by atomic mass is 16.2. The molecular formula is C21H33N5O3. The van der Waals surface area contributed by atoms with Crippen molar-refractivity contribution in [2.75, 3.05) is 13.1 Å². The van der Waals surface area contributed by atoms with Gasteiger partial charge in [0.25, 0.3) is 5.56 Å². The van der Waals surface area contributed by atoms with Gasteiger partial charge in [0.1, 0.15) is 5.82 Å². The van der Waals surface area contributed by atoms with Crippen LogP contribution in [0.3, 0.4) is 0 Å².